The maximum absolute atomic E-state index is 11.5. The van der Waals surface area contributed by atoms with Crippen LogP contribution in [0.2, 0.25) is 0 Å². The van der Waals surface area contributed by atoms with Crippen molar-refractivity contribution in [2.45, 2.75) is 6.61 Å². The van der Waals surface area contributed by atoms with E-state index in [1.54, 1.807) is 31.4 Å². The predicted molar refractivity (Wildman–Crippen MR) is 65.2 cm³/mol. The van der Waals surface area contributed by atoms with Gasteiger partial charge in [-0.2, -0.15) is 0 Å². The fourth-order valence-corrected chi connectivity index (χ4v) is 1.63. The Morgan fingerprint density at radius 1 is 1.32 bits per heavy atom. The number of ether oxygens (including phenoxy) is 2. The van der Waals surface area contributed by atoms with Gasteiger partial charge in [-0.15, -0.1) is 5.10 Å². The molecule has 2 rings (SSSR count). The fraction of sp³-hybridized carbons (Fsp3) is 0.250. The summed E-state index contributed by atoms with van der Waals surface area (Å²) in [5, 5.41) is 16.9. The second-order valence-corrected chi connectivity index (χ2v) is 3.64. The first-order valence-electron chi connectivity index (χ1n) is 5.49. The standard InChI is InChI=1S/C12H13N3O4/c1-18-9-5-3-8(4-6-9)15-10(7-16)11(13-14-15)12(17)19-2/h3-6,16H,7H2,1-2H3. The van der Waals surface area contributed by atoms with Crippen molar-refractivity contribution >= 4 is 5.97 Å². The zero-order chi connectivity index (χ0) is 13.8. The number of hydrogen-bond donors (Lipinski definition) is 1. The second kappa shape index (κ2) is 5.49. The van der Waals surface area contributed by atoms with Crippen LogP contribution in [-0.4, -0.2) is 40.3 Å². The first-order chi connectivity index (χ1) is 9.21. The summed E-state index contributed by atoms with van der Waals surface area (Å²) in [5.74, 6) is 0.0615. The molecular formula is C12H13N3O4. The zero-order valence-corrected chi connectivity index (χ0v) is 10.5. The lowest BCUT2D eigenvalue weighted by atomic mass is 10.2. The average Bonchev–Trinajstić information content (AvgIpc) is 2.90. The van der Waals surface area contributed by atoms with Crippen molar-refractivity contribution in [1.29, 1.82) is 0 Å². The van der Waals surface area contributed by atoms with Gasteiger partial charge in [-0.25, -0.2) is 9.48 Å². The van der Waals surface area contributed by atoms with E-state index in [1.807, 2.05) is 0 Å². The second-order valence-electron chi connectivity index (χ2n) is 3.64. The summed E-state index contributed by atoms with van der Waals surface area (Å²) in [6, 6.07) is 6.98. The molecule has 0 unspecified atom stereocenters. The van der Waals surface area contributed by atoms with Crippen molar-refractivity contribution in [2.24, 2.45) is 0 Å². The van der Waals surface area contributed by atoms with Gasteiger partial charge >= 0.3 is 5.97 Å². The molecular weight excluding hydrogens is 250 g/mol. The number of carbonyl (C=O) groups is 1. The van der Waals surface area contributed by atoms with E-state index in [0.717, 1.165) is 0 Å². The molecule has 0 aliphatic carbocycles. The Morgan fingerprint density at radius 3 is 2.53 bits per heavy atom. The molecule has 0 saturated carbocycles. The third-order valence-corrected chi connectivity index (χ3v) is 2.61. The summed E-state index contributed by atoms with van der Waals surface area (Å²) >= 11 is 0. The molecule has 0 saturated heterocycles. The van der Waals surface area contributed by atoms with Crippen LogP contribution in [0.5, 0.6) is 5.75 Å². The molecule has 0 aliphatic rings. The molecule has 0 aliphatic heterocycles. The number of aliphatic hydroxyl groups is 1. The van der Waals surface area contributed by atoms with Gasteiger partial charge in [0.15, 0.2) is 5.69 Å². The SMILES string of the molecule is COC(=O)c1nnn(-c2ccc(OC)cc2)c1CO. The lowest BCUT2D eigenvalue weighted by Crippen LogP contribution is -2.08. The highest BCUT2D eigenvalue weighted by atomic mass is 16.5. The van der Waals surface area contributed by atoms with Crippen molar-refractivity contribution < 1.29 is 19.4 Å². The van der Waals surface area contributed by atoms with Gasteiger partial charge in [-0.1, -0.05) is 5.21 Å². The number of rotatable bonds is 4. The lowest BCUT2D eigenvalue weighted by molar-refractivity contribution is 0.0590. The number of aromatic nitrogens is 3. The van der Waals surface area contributed by atoms with Gasteiger partial charge in [0.05, 0.1) is 26.5 Å². The molecule has 1 N–H and O–H groups in total. The summed E-state index contributed by atoms with van der Waals surface area (Å²) in [5.41, 5.74) is 0.935. The summed E-state index contributed by atoms with van der Waals surface area (Å²) in [6.45, 7) is -0.372. The molecule has 0 fully saturated rings. The van der Waals surface area contributed by atoms with Gasteiger partial charge < -0.3 is 14.6 Å². The van der Waals surface area contributed by atoms with E-state index in [9.17, 15) is 9.90 Å². The maximum Gasteiger partial charge on any atom is 0.360 e. The monoisotopic (exact) mass is 263 g/mol. The minimum atomic E-state index is -0.635. The first-order valence-corrected chi connectivity index (χ1v) is 5.49. The fourth-order valence-electron chi connectivity index (χ4n) is 1.63. The van der Waals surface area contributed by atoms with Crippen LogP contribution in [0.4, 0.5) is 0 Å². The van der Waals surface area contributed by atoms with Gasteiger partial charge in [-0.3, -0.25) is 0 Å². The van der Waals surface area contributed by atoms with Gasteiger partial charge in [0.1, 0.15) is 11.4 Å². The Kier molecular flexibility index (Phi) is 3.76. The predicted octanol–water partition coefficient (Wildman–Crippen LogP) is 0.555. The van der Waals surface area contributed by atoms with Crippen molar-refractivity contribution in [2.75, 3.05) is 14.2 Å². The van der Waals surface area contributed by atoms with Crippen LogP contribution in [0.3, 0.4) is 0 Å². The van der Waals surface area contributed by atoms with E-state index in [-0.39, 0.29) is 18.0 Å². The van der Waals surface area contributed by atoms with Crippen LogP contribution in [0.25, 0.3) is 5.69 Å². The van der Waals surface area contributed by atoms with Crippen LogP contribution in [-0.2, 0) is 11.3 Å². The number of methoxy groups -OCH3 is 2. The number of benzene rings is 1. The minimum Gasteiger partial charge on any atom is -0.497 e. The molecule has 100 valence electrons. The molecule has 1 aromatic heterocycles. The van der Waals surface area contributed by atoms with Crippen LogP contribution < -0.4 is 4.74 Å². The Bertz CT molecular complexity index is 577. The van der Waals surface area contributed by atoms with E-state index in [0.29, 0.717) is 11.4 Å². The summed E-state index contributed by atoms with van der Waals surface area (Å²) in [7, 11) is 2.81. The van der Waals surface area contributed by atoms with E-state index in [4.69, 9.17) is 4.74 Å². The number of nitrogens with zero attached hydrogens (tertiary/aromatic N) is 3. The maximum atomic E-state index is 11.5. The molecule has 2 aromatic rings. The molecule has 7 nitrogen and oxygen atoms in total. The van der Waals surface area contributed by atoms with Crippen molar-refractivity contribution in [3.63, 3.8) is 0 Å². The Balaban J connectivity index is 2.44. The quantitative estimate of drug-likeness (QED) is 0.811. The van der Waals surface area contributed by atoms with Crippen LogP contribution in [0.1, 0.15) is 16.2 Å². The van der Waals surface area contributed by atoms with Crippen molar-refractivity contribution in [1.82, 2.24) is 15.0 Å². The molecule has 0 spiro atoms. The molecule has 0 amide bonds. The lowest BCUT2D eigenvalue weighted by Gasteiger charge is -2.06. The average molecular weight is 263 g/mol. The molecule has 7 heteroatoms. The third-order valence-electron chi connectivity index (χ3n) is 2.61. The Labute approximate surface area is 109 Å². The highest BCUT2D eigenvalue weighted by Crippen LogP contribution is 2.17. The summed E-state index contributed by atoms with van der Waals surface area (Å²) in [6.07, 6.45) is 0. The highest BCUT2D eigenvalue weighted by molar-refractivity contribution is 5.88. The molecule has 1 aromatic carbocycles. The van der Waals surface area contributed by atoms with E-state index in [2.05, 4.69) is 15.0 Å². The van der Waals surface area contributed by atoms with Crippen molar-refractivity contribution in [3.05, 3.63) is 35.7 Å². The number of carbonyl (C=O) groups excluding carboxylic acids is 1. The molecule has 0 radical (unpaired) electrons. The number of hydrogen-bond acceptors (Lipinski definition) is 6. The van der Waals surface area contributed by atoms with Crippen LogP contribution in [0, 0.1) is 0 Å². The Hall–Kier alpha value is -2.41. The Morgan fingerprint density at radius 2 is 2.00 bits per heavy atom. The molecule has 0 bridgehead atoms. The first kappa shape index (κ1) is 13.0. The van der Waals surface area contributed by atoms with Crippen molar-refractivity contribution in [3.8, 4) is 11.4 Å². The van der Waals surface area contributed by atoms with Gasteiger partial charge in [0.25, 0.3) is 0 Å². The summed E-state index contributed by atoms with van der Waals surface area (Å²) in [4.78, 5) is 11.5. The largest absolute Gasteiger partial charge is 0.497 e. The molecule has 1 heterocycles. The normalized spacial score (nSPS) is 10.3. The van der Waals surface area contributed by atoms with Gasteiger partial charge in [-0.05, 0) is 24.3 Å². The number of aliphatic hydroxyl groups excluding tert-OH is 1. The third kappa shape index (κ3) is 2.41. The molecule has 19 heavy (non-hydrogen) atoms. The minimum absolute atomic E-state index is 0.000757. The van der Waals surface area contributed by atoms with Crippen LogP contribution >= 0.6 is 0 Å². The smallest absolute Gasteiger partial charge is 0.360 e. The summed E-state index contributed by atoms with van der Waals surface area (Å²) < 4.78 is 11.0. The zero-order valence-electron chi connectivity index (χ0n) is 10.5. The topological polar surface area (TPSA) is 86.5 Å². The number of esters is 1. The van der Waals surface area contributed by atoms with Crippen LogP contribution in [0.15, 0.2) is 24.3 Å². The highest BCUT2D eigenvalue weighted by Gasteiger charge is 2.20. The van der Waals surface area contributed by atoms with E-state index in [1.165, 1.54) is 11.8 Å². The molecule has 0 atom stereocenters. The van der Waals surface area contributed by atoms with E-state index < -0.39 is 5.97 Å². The van der Waals surface area contributed by atoms with Gasteiger partial charge in [0, 0.05) is 0 Å². The van der Waals surface area contributed by atoms with Gasteiger partial charge in [0.2, 0.25) is 0 Å². The van der Waals surface area contributed by atoms with E-state index >= 15 is 0 Å².